The standard InChI is InChI=1S/C11H13ClF2N2.ClH/c1-7-5-15-3-2-11(7,14)9-4-8(12)6-16-10(9)13;/h4,6-7,15H,2-3,5H2,1H3;1H. The number of aromatic nitrogens is 1. The number of pyridine rings is 1. The summed E-state index contributed by atoms with van der Waals surface area (Å²) in [4.78, 5) is 3.47. The molecular weight excluding hydrogens is 269 g/mol. The van der Waals surface area contributed by atoms with Crippen LogP contribution in [0.5, 0.6) is 0 Å². The van der Waals surface area contributed by atoms with Crippen molar-refractivity contribution < 1.29 is 8.78 Å². The molecule has 1 aliphatic rings. The molecule has 0 saturated carbocycles. The van der Waals surface area contributed by atoms with E-state index in [1.54, 1.807) is 6.92 Å². The van der Waals surface area contributed by atoms with Crippen LogP contribution >= 0.6 is 24.0 Å². The molecule has 0 bridgehead atoms. The van der Waals surface area contributed by atoms with Crippen molar-refractivity contribution in [1.82, 2.24) is 10.3 Å². The highest BCUT2D eigenvalue weighted by atomic mass is 35.5. The molecule has 0 amide bonds. The first-order valence-corrected chi connectivity index (χ1v) is 5.63. The summed E-state index contributed by atoms with van der Waals surface area (Å²) in [6, 6.07) is 1.34. The van der Waals surface area contributed by atoms with Gasteiger partial charge in [0.1, 0.15) is 5.67 Å². The fourth-order valence-corrected chi connectivity index (χ4v) is 2.27. The molecule has 0 spiro atoms. The summed E-state index contributed by atoms with van der Waals surface area (Å²) >= 11 is 5.73. The van der Waals surface area contributed by atoms with Crippen LogP contribution in [0.3, 0.4) is 0 Å². The first-order valence-electron chi connectivity index (χ1n) is 5.25. The quantitative estimate of drug-likeness (QED) is 0.801. The molecule has 1 aromatic heterocycles. The van der Waals surface area contributed by atoms with Gasteiger partial charge in [0.15, 0.2) is 0 Å². The Balaban J connectivity index is 0.00000144. The largest absolute Gasteiger partial charge is 0.316 e. The van der Waals surface area contributed by atoms with Crippen LogP contribution in [0.15, 0.2) is 12.3 Å². The average Bonchev–Trinajstić information content (AvgIpc) is 2.26. The molecule has 0 aliphatic carbocycles. The van der Waals surface area contributed by atoms with Crippen LogP contribution in [0.4, 0.5) is 8.78 Å². The Bertz CT molecular complexity index is 403. The predicted molar refractivity (Wildman–Crippen MR) is 65.9 cm³/mol. The van der Waals surface area contributed by atoms with E-state index in [0.717, 1.165) is 0 Å². The molecule has 2 nitrogen and oxygen atoms in total. The fraction of sp³-hybridized carbons (Fsp3) is 0.545. The van der Waals surface area contributed by atoms with E-state index >= 15 is 0 Å². The van der Waals surface area contributed by atoms with Crippen molar-refractivity contribution in [3.8, 4) is 0 Å². The Hall–Kier alpha value is -0.450. The molecule has 1 fully saturated rings. The van der Waals surface area contributed by atoms with Gasteiger partial charge < -0.3 is 5.32 Å². The first kappa shape index (κ1) is 14.6. The lowest BCUT2D eigenvalue weighted by Crippen LogP contribution is -2.44. The number of halogens is 4. The first-order chi connectivity index (χ1) is 7.54. The van der Waals surface area contributed by atoms with E-state index in [9.17, 15) is 8.78 Å². The Kier molecular flexibility index (Phi) is 4.69. The predicted octanol–water partition coefficient (Wildman–Crippen LogP) is 3.09. The Morgan fingerprint density at radius 2 is 2.29 bits per heavy atom. The van der Waals surface area contributed by atoms with Crippen molar-refractivity contribution in [1.29, 1.82) is 0 Å². The summed E-state index contributed by atoms with van der Waals surface area (Å²) in [7, 11) is 0. The van der Waals surface area contributed by atoms with Crippen molar-refractivity contribution in [3.63, 3.8) is 0 Å². The molecule has 2 unspecified atom stereocenters. The van der Waals surface area contributed by atoms with Crippen LogP contribution < -0.4 is 5.32 Å². The van der Waals surface area contributed by atoms with Crippen LogP contribution in [0, 0.1) is 11.9 Å². The smallest absolute Gasteiger partial charge is 0.219 e. The van der Waals surface area contributed by atoms with Crippen LogP contribution in [0.1, 0.15) is 18.9 Å². The zero-order valence-electron chi connectivity index (χ0n) is 9.34. The number of nitrogens with one attached hydrogen (secondary N) is 1. The second-order valence-electron chi connectivity index (χ2n) is 4.21. The maximum absolute atomic E-state index is 14.8. The molecule has 2 atom stereocenters. The third kappa shape index (κ3) is 2.69. The van der Waals surface area contributed by atoms with Gasteiger partial charge in [0.25, 0.3) is 0 Å². The van der Waals surface area contributed by atoms with Crippen LogP contribution in [0.25, 0.3) is 0 Å². The summed E-state index contributed by atoms with van der Waals surface area (Å²) in [6.45, 7) is 2.82. The SMILES string of the molecule is CC1CNCCC1(F)c1cc(Cl)cnc1F.Cl. The molecule has 1 aliphatic heterocycles. The highest BCUT2D eigenvalue weighted by Crippen LogP contribution is 2.40. The van der Waals surface area contributed by atoms with Crippen molar-refractivity contribution in [2.75, 3.05) is 13.1 Å². The number of hydrogen-bond acceptors (Lipinski definition) is 2. The molecule has 2 heterocycles. The highest BCUT2D eigenvalue weighted by Gasteiger charge is 2.42. The normalized spacial score (nSPS) is 28.6. The minimum Gasteiger partial charge on any atom is -0.316 e. The summed E-state index contributed by atoms with van der Waals surface area (Å²) in [5, 5.41) is 3.34. The average molecular weight is 283 g/mol. The fourth-order valence-electron chi connectivity index (χ4n) is 2.11. The van der Waals surface area contributed by atoms with Crippen LogP contribution in [0.2, 0.25) is 5.02 Å². The van der Waals surface area contributed by atoms with Gasteiger partial charge in [0.05, 0.1) is 5.02 Å². The number of nitrogens with zero attached hydrogens (tertiary/aromatic N) is 1. The lowest BCUT2D eigenvalue weighted by atomic mass is 9.79. The van der Waals surface area contributed by atoms with Crippen molar-refractivity contribution in [3.05, 3.63) is 28.8 Å². The lowest BCUT2D eigenvalue weighted by Gasteiger charge is -2.36. The lowest BCUT2D eigenvalue weighted by molar-refractivity contribution is 0.0504. The molecular formula is C11H14Cl2F2N2. The van der Waals surface area contributed by atoms with E-state index in [1.165, 1.54) is 12.3 Å². The van der Waals surface area contributed by atoms with Crippen LogP contribution in [-0.2, 0) is 5.67 Å². The molecule has 6 heteroatoms. The van der Waals surface area contributed by atoms with Gasteiger partial charge in [-0.05, 0) is 19.0 Å². The van der Waals surface area contributed by atoms with Gasteiger partial charge in [-0.2, -0.15) is 4.39 Å². The summed E-state index contributed by atoms with van der Waals surface area (Å²) in [5.74, 6) is -1.06. The molecule has 96 valence electrons. The van der Waals surface area contributed by atoms with Crippen molar-refractivity contribution in [2.45, 2.75) is 19.0 Å². The summed E-state index contributed by atoms with van der Waals surface area (Å²) < 4.78 is 28.3. The minimum absolute atomic E-state index is 0. The van der Waals surface area contributed by atoms with E-state index in [-0.39, 0.29) is 35.3 Å². The Morgan fingerprint density at radius 1 is 1.59 bits per heavy atom. The Morgan fingerprint density at radius 3 is 2.94 bits per heavy atom. The topological polar surface area (TPSA) is 24.9 Å². The van der Waals surface area contributed by atoms with Gasteiger partial charge in [0, 0.05) is 24.2 Å². The maximum Gasteiger partial charge on any atom is 0.219 e. The van der Waals surface area contributed by atoms with E-state index in [1.807, 2.05) is 0 Å². The van der Waals surface area contributed by atoms with Gasteiger partial charge in [-0.25, -0.2) is 9.37 Å². The summed E-state index contributed by atoms with van der Waals surface area (Å²) in [5.41, 5.74) is -1.69. The molecule has 1 aromatic rings. The number of rotatable bonds is 1. The van der Waals surface area contributed by atoms with E-state index in [4.69, 9.17) is 11.6 Å². The van der Waals surface area contributed by atoms with Crippen molar-refractivity contribution >= 4 is 24.0 Å². The van der Waals surface area contributed by atoms with Gasteiger partial charge in [-0.1, -0.05) is 18.5 Å². The van der Waals surface area contributed by atoms with E-state index in [0.29, 0.717) is 13.1 Å². The second-order valence-corrected chi connectivity index (χ2v) is 4.65. The monoisotopic (exact) mass is 282 g/mol. The molecule has 0 aromatic carbocycles. The number of piperidine rings is 1. The number of alkyl halides is 1. The highest BCUT2D eigenvalue weighted by molar-refractivity contribution is 6.30. The number of hydrogen-bond donors (Lipinski definition) is 1. The molecule has 1 N–H and O–H groups in total. The van der Waals surface area contributed by atoms with Gasteiger partial charge in [0.2, 0.25) is 5.95 Å². The van der Waals surface area contributed by atoms with Gasteiger partial charge in [-0.3, -0.25) is 0 Å². The molecule has 2 rings (SSSR count). The molecule has 1 saturated heterocycles. The van der Waals surface area contributed by atoms with Crippen molar-refractivity contribution in [2.24, 2.45) is 5.92 Å². The maximum atomic E-state index is 14.8. The molecule has 0 radical (unpaired) electrons. The second kappa shape index (κ2) is 5.46. The summed E-state index contributed by atoms with van der Waals surface area (Å²) in [6.07, 6.45) is 1.43. The van der Waals surface area contributed by atoms with Gasteiger partial charge >= 0.3 is 0 Å². The van der Waals surface area contributed by atoms with Crippen LogP contribution in [-0.4, -0.2) is 18.1 Å². The molecule has 17 heavy (non-hydrogen) atoms. The minimum atomic E-state index is -1.67. The van der Waals surface area contributed by atoms with E-state index in [2.05, 4.69) is 10.3 Å². The third-order valence-corrected chi connectivity index (χ3v) is 3.36. The van der Waals surface area contributed by atoms with Gasteiger partial charge in [-0.15, -0.1) is 12.4 Å². The zero-order chi connectivity index (χ0) is 11.8. The zero-order valence-corrected chi connectivity index (χ0v) is 10.9. The third-order valence-electron chi connectivity index (χ3n) is 3.15. The Labute approximate surface area is 110 Å². The van der Waals surface area contributed by atoms with E-state index < -0.39 is 11.6 Å².